The van der Waals surface area contributed by atoms with Crippen molar-refractivity contribution < 1.29 is 41.2 Å². The Morgan fingerprint density at radius 3 is 2.40 bits per heavy atom. The molecule has 0 amide bonds. The third-order valence-electron chi connectivity index (χ3n) is 0.900. The van der Waals surface area contributed by atoms with Gasteiger partial charge in [0.1, 0.15) is 5.75 Å². The molecule has 1 aromatic rings. The molecule has 0 aliphatic carbocycles. The number of hydrogen-bond donors (Lipinski definition) is 0. The van der Waals surface area contributed by atoms with Gasteiger partial charge in [-0.1, -0.05) is 18.2 Å². The number of ether oxygens (including phenoxy) is 1. The van der Waals surface area contributed by atoms with E-state index in [0.717, 1.165) is 5.75 Å². The maximum absolute atomic E-state index is 4.86. The molecule has 1 aromatic carbocycles. The minimum atomic E-state index is 0. The normalized spacial score (nSPS) is 6.90. The molecule has 0 atom stereocenters. The summed E-state index contributed by atoms with van der Waals surface area (Å²) in [4.78, 5) is 0. The fourth-order valence-corrected chi connectivity index (χ4v) is 0.504. The molecule has 0 aromatic heterocycles. The minimum absolute atomic E-state index is 0. The number of para-hydroxylation sites is 1. The zero-order valence-electron chi connectivity index (χ0n) is 5.80. The molecule has 0 spiro atoms. The van der Waals surface area contributed by atoms with Gasteiger partial charge in [0, 0.05) is 25.5 Å². The number of hydrogen-bond acceptors (Lipinski definition) is 1. The molecule has 3 heteroatoms. The molecule has 0 fully saturated rings. The van der Waals surface area contributed by atoms with E-state index >= 15 is 0 Å². The van der Waals surface area contributed by atoms with E-state index in [1.54, 1.807) is 7.11 Å². The Kier molecular flexibility index (Phi) is 9.24. The molecule has 51 valence electrons. The number of rotatable bonds is 1. The van der Waals surface area contributed by atoms with Crippen LogP contribution in [-0.2, 0) is 19.5 Å². The van der Waals surface area contributed by atoms with E-state index in [0.29, 0.717) is 0 Å². The average Bonchev–Trinajstić information content (AvgIpc) is 1.90. The third kappa shape index (κ3) is 4.02. The van der Waals surface area contributed by atoms with Crippen LogP contribution in [0.3, 0.4) is 0 Å². The third-order valence-corrected chi connectivity index (χ3v) is 0.900. The standard InChI is InChI=1S/C7H7O.BrH.Zn/c1-8-7-5-3-2-4-6-7;;/h2-5H,1H3;1H;/p-1. The van der Waals surface area contributed by atoms with Crippen molar-refractivity contribution in [3.05, 3.63) is 30.3 Å². The molecule has 0 heterocycles. The van der Waals surface area contributed by atoms with Crippen LogP contribution in [0.4, 0.5) is 0 Å². The maximum Gasteiger partial charge on any atom is 0.126 e. The van der Waals surface area contributed by atoms with Gasteiger partial charge in [-0.05, 0) is 6.07 Å². The molecule has 0 aliphatic rings. The van der Waals surface area contributed by atoms with Crippen LogP contribution in [-0.4, -0.2) is 7.11 Å². The monoisotopic (exact) mass is 250 g/mol. The first kappa shape index (κ1) is 12.8. The van der Waals surface area contributed by atoms with Crippen molar-refractivity contribution in [2.45, 2.75) is 0 Å². The van der Waals surface area contributed by atoms with E-state index in [-0.39, 0.29) is 36.5 Å². The van der Waals surface area contributed by atoms with Crippen molar-refractivity contribution in [2.75, 3.05) is 7.11 Å². The fraction of sp³-hybridized carbons (Fsp3) is 0.143. The van der Waals surface area contributed by atoms with E-state index < -0.39 is 0 Å². The van der Waals surface area contributed by atoms with Crippen LogP contribution < -0.4 is 21.7 Å². The number of methoxy groups -OCH3 is 1. The smallest absolute Gasteiger partial charge is 0.126 e. The van der Waals surface area contributed by atoms with Gasteiger partial charge in [0.05, 0.1) is 7.11 Å². The molecule has 0 saturated carbocycles. The van der Waals surface area contributed by atoms with Gasteiger partial charge < -0.3 is 21.7 Å². The number of halogens is 1. The Hall–Kier alpha value is 0.123. The van der Waals surface area contributed by atoms with Crippen molar-refractivity contribution in [1.29, 1.82) is 0 Å². The van der Waals surface area contributed by atoms with Gasteiger partial charge in [-0.3, -0.25) is 0 Å². The van der Waals surface area contributed by atoms with Crippen LogP contribution >= 0.6 is 0 Å². The second kappa shape index (κ2) is 7.23. The summed E-state index contributed by atoms with van der Waals surface area (Å²) >= 11 is 0. The predicted octanol–water partition coefficient (Wildman–Crippen LogP) is -1.50. The summed E-state index contributed by atoms with van der Waals surface area (Å²) in [5, 5.41) is 0. The topological polar surface area (TPSA) is 9.23 Å². The van der Waals surface area contributed by atoms with Crippen molar-refractivity contribution in [2.24, 2.45) is 0 Å². The Bertz CT molecular complexity index is 155. The second-order valence-corrected chi connectivity index (χ2v) is 1.43. The van der Waals surface area contributed by atoms with Crippen LogP contribution in [0.5, 0.6) is 5.75 Å². The van der Waals surface area contributed by atoms with Gasteiger partial charge in [0.2, 0.25) is 0 Å². The summed E-state index contributed by atoms with van der Waals surface area (Å²) in [7, 11) is 1.63. The molecule has 0 bridgehead atoms. The Labute approximate surface area is 84.3 Å². The first-order valence-electron chi connectivity index (χ1n) is 2.44. The van der Waals surface area contributed by atoms with Gasteiger partial charge in [-0.25, -0.2) is 0 Å². The first-order chi connectivity index (χ1) is 3.93. The second-order valence-electron chi connectivity index (χ2n) is 1.43. The largest absolute Gasteiger partial charge is 1.00 e. The van der Waals surface area contributed by atoms with E-state index in [4.69, 9.17) is 4.74 Å². The fourth-order valence-electron chi connectivity index (χ4n) is 0.504. The van der Waals surface area contributed by atoms with Crippen molar-refractivity contribution in [3.63, 3.8) is 0 Å². The molecular formula is C7H7BrOZn-. The summed E-state index contributed by atoms with van der Waals surface area (Å²) in [6, 6.07) is 10.4. The van der Waals surface area contributed by atoms with E-state index in [2.05, 4.69) is 6.07 Å². The van der Waals surface area contributed by atoms with Gasteiger partial charge in [-0.2, -0.15) is 0 Å². The zero-order chi connectivity index (χ0) is 5.82. The Balaban J connectivity index is 0. The molecule has 1 rings (SSSR count). The van der Waals surface area contributed by atoms with Crippen LogP contribution in [0.2, 0.25) is 0 Å². The summed E-state index contributed by atoms with van der Waals surface area (Å²) < 4.78 is 4.86. The molecule has 1 radical (unpaired) electrons. The average molecular weight is 252 g/mol. The van der Waals surface area contributed by atoms with E-state index in [1.165, 1.54) is 0 Å². The molecular weight excluding hydrogens is 245 g/mol. The van der Waals surface area contributed by atoms with Crippen molar-refractivity contribution in [1.82, 2.24) is 0 Å². The van der Waals surface area contributed by atoms with Crippen molar-refractivity contribution in [3.8, 4) is 5.75 Å². The van der Waals surface area contributed by atoms with Crippen LogP contribution in [0, 0.1) is 6.07 Å². The molecule has 0 unspecified atom stereocenters. The maximum atomic E-state index is 4.86. The van der Waals surface area contributed by atoms with E-state index in [9.17, 15) is 0 Å². The van der Waals surface area contributed by atoms with Crippen molar-refractivity contribution >= 4 is 0 Å². The number of benzene rings is 1. The molecule has 10 heavy (non-hydrogen) atoms. The molecule has 1 nitrogen and oxygen atoms in total. The van der Waals surface area contributed by atoms with Crippen LogP contribution in [0.1, 0.15) is 0 Å². The Morgan fingerprint density at radius 1 is 1.40 bits per heavy atom. The molecule has 0 N–H and O–H groups in total. The zero-order valence-corrected chi connectivity index (χ0v) is 10.4. The van der Waals surface area contributed by atoms with Gasteiger partial charge in [0.25, 0.3) is 0 Å². The van der Waals surface area contributed by atoms with Gasteiger partial charge >= 0.3 is 0 Å². The summed E-state index contributed by atoms with van der Waals surface area (Å²) in [5.41, 5.74) is 0. The Morgan fingerprint density at radius 2 is 2.10 bits per heavy atom. The summed E-state index contributed by atoms with van der Waals surface area (Å²) in [5.74, 6) is 0.785. The predicted molar refractivity (Wildman–Crippen MR) is 31.8 cm³/mol. The van der Waals surface area contributed by atoms with Gasteiger partial charge in [-0.15, -0.1) is 0 Å². The summed E-state index contributed by atoms with van der Waals surface area (Å²) in [6.45, 7) is 0. The quantitative estimate of drug-likeness (QED) is 0.553. The van der Waals surface area contributed by atoms with E-state index in [1.807, 2.05) is 24.3 Å². The molecule has 0 aliphatic heterocycles. The van der Waals surface area contributed by atoms with Gasteiger partial charge in [0.15, 0.2) is 0 Å². The van der Waals surface area contributed by atoms with Crippen LogP contribution in [0.25, 0.3) is 0 Å². The SMILES string of the molecule is COc1[c]cccc1.[Br-].[Zn]. The summed E-state index contributed by atoms with van der Waals surface area (Å²) in [6.07, 6.45) is 0. The van der Waals surface area contributed by atoms with Crippen LogP contribution in [0.15, 0.2) is 24.3 Å². The minimum Gasteiger partial charge on any atom is -1.00 e. The molecule has 0 saturated heterocycles. The first-order valence-corrected chi connectivity index (χ1v) is 2.44.